The van der Waals surface area contributed by atoms with Crippen molar-refractivity contribution in [3.8, 4) is 0 Å². The van der Waals surface area contributed by atoms with Gasteiger partial charge in [-0.05, 0) is 19.1 Å². The van der Waals surface area contributed by atoms with Gasteiger partial charge in [0.15, 0.2) is 0 Å². The van der Waals surface area contributed by atoms with Gasteiger partial charge in [-0.3, -0.25) is 0 Å². The Bertz CT molecular complexity index is 570. The van der Waals surface area contributed by atoms with Gasteiger partial charge in [0.25, 0.3) is 0 Å². The van der Waals surface area contributed by atoms with E-state index >= 15 is 0 Å². The van der Waals surface area contributed by atoms with Crippen LogP contribution in [0.25, 0.3) is 10.9 Å². The van der Waals surface area contributed by atoms with Gasteiger partial charge in [0, 0.05) is 28.7 Å². The van der Waals surface area contributed by atoms with E-state index in [1.165, 1.54) is 6.07 Å². The molecular formula is C15H19FN2. The maximum absolute atomic E-state index is 13.9. The highest BCUT2D eigenvalue weighted by molar-refractivity contribution is 5.91. The van der Waals surface area contributed by atoms with Crippen LogP contribution in [0.4, 0.5) is 10.1 Å². The number of aromatic nitrogens is 1. The molecule has 2 aromatic rings. The van der Waals surface area contributed by atoms with Gasteiger partial charge < -0.3 is 5.32 Å². The van der Waals surface area contributed by atoms with Crippen molar-refractivity contribution < 1.29 is 4.39 Å². The maximum Gasteiger partial charge on any atom is 0.149 e. The molecule has 0 saturated heterocycles. The molecule has 0 saturated carbocycles. The largest absolute Gasteiger partial charge is 0.385 e. The zero-order valence-electron chi connectivity index (χ0n) is 11.3. The van der Waals surface area contributed by atoms with Crippen LogP contribution in [-0.2, 0) is 5.41 Å². The van der Waals surface area contributed by atoms with Crippen molar-refractivity contribution in [1.29, 1.82) is 0 Å². The van der Waals surface area contributed by atoms with E-state index in [0.29, 0.717) is 5.52 Å². The third kappa shape index (κ3) is 2.30. The maximum atomic E-state index is 13.9. The standard InChI is InChI=1S/C15H19FN2/c1-5-17-12-9-13(15(2,3)4)18-14-10(12)7-6-8-11(14)16/h6-9H,5H2,1-4H3,(H,17,18). The van der Waals surface area contributed by atoms with Gasteiger partial charge in [0.2, 0.25) is 0 Å². The Labute approximate surface area is 107 Å². The average Bonchev–Trinajstić information content (AvgIpc) is 2.29. The van der Waals surface area contributed by atoms with Crippen LogP contribution in [0.3, 0.4) is 0 Å². The summed E-state index contributed by atoms with van der Waals surface area (Å²) in [6.45, 7) is 9.08. The van der Waals surface area contributed by atoms with E-state index in [9.17, 15) is 4.39 Å². The predicted molar refractivity (Wildman–Crippen MR) is 74.6 cm³/mol. The van der Waals surface area contributed by atoms with E-state index in [1.807, 2.05) is 19.1 Å². The second-order valence-corrected chi connectivity index (χ2v) is 5.47. The molecule has 0 atom stereocenters. The van der Waals surface area contributed by atoms with Crippen LogP contribution in [0.1, 0.15) is 33.4 Å². The lowest BCUT2D eigenvalue weighted by Gasteiger charge is -2.20. The molecule has 2 rings (SSSR count). The number of anilines is 1. The Hall–Kier alpha value is -1.64. The average molecular weight is 246 g/mol. The summed E-state index contributed by atoms with van der Waals surface area (Å²) in [6.07, 6.45) is 0. The summed E-state index contributed by atoms with van der Waals surface area (Å²) in [4.78, 5) is 4.47. The number of fused-ring (bicyclic) bond motifs is 1. The van der Waals surface area contributed by atoms with Gasteiger partial charge in [-0.25, -0.2) is 9.37 Å². The lowest BCUT2D eigenvalue weighted by atomic mass is 9.90. The Morgan fingerprint density at radius 3 is 2.61 bits per heavy atom. The third-order valence-corrected chi connectivity index (χ3v) is 2.93. The molecule has 0 aliphatic rings. The van der Waals surface area contributed by atoms with Crippen molar-refractivity contribution in [3.63, 3.8) is 0 Å². The first-order valence-corrected chi connectivity index (χ1v) is 6.27. The number of nitrogens with zero attached hydrogens (tertiary/aromatic N) is 1. The fourth-order valence-electron chi connectivity index (χ4n) is 1.93. The molecule has 0 amide bonds. The number of nitrogens with one attached hydrogen (secondary N) is 1. The summed E-state index contributed by atoms with van der Waals surface area (Å²) in [5.41, 5.74) is 2.20. The van der Waals surface area contributed by atoms with Crippen LogP contribution < -0.4 is 5.32 Å². The molecule has 1 aromatic heterocycles. The van der Waals surface area contributed by atoms with E-state index in [2.05, 4.69) is 31.1 Å². The van der Waals surface area contributed by atoms with Crippen molar-refractivity contribution in [2.75, 3.05) is 11.9 Å². The van der Waals surface area contributed by atoms with Crippen molar-refractivity contribution in [1.82, 2.24) is 4.98 Å². The lowest BCUT2D eigenvalue weighted by Crippen LogP contribution is -2.14. The number of pyridine rings is 1. The minimum Gasteiger partial charge on any atom is -0.385 e. The van der Waals surface area contributed by atoms with Gasteiger partial charge in [-0.15, -0.1) is 0 Å². The molecule has 0 fully saturated rings. The zero-order chi connectivity index (χ0) is 13.3. The number of benzene rings is 1. The molecule has 1 heterocycles. The summed E-state index contributed by atoms with van der Waals surface area (Å²) in [5.74, 6) is -0.266. The number of rotatable bonds is 2. The molecule has 0 spiro atoms. The van der Waals surface area contributed by atoms with Crippen molar-refractivity contribution in [3.05, 3.63) is 35.8 Å². The first-order valence-electron chi connectivity index (χ1n) is 6.27. The Morgan fingerprint density at radius 1 is 1.28 bits per heavy atom. The van der Waals surface area contributed by atoms with Gasteiger partial charge in [-0.2, -0.15) is 0 Å². The smallest absolute Gasteiger partial charge is 0.149 e. The number of hydrogen-bond donors (Lipinski definition) is 1. The zero-order valence-corrected chi connectivity index (χ0v) is 11.3. The molecule has 0 radical (unpaired) electrons. The highest BCUT2D eigenvalue weighted by Gasteiger charge is 2.18. The number of para-hydroxylation sites is 1. The van der Waals surface area contributed by atoms with Crippen LogP contribution in [0.2, 0.25) is 0 Å². The number of hydrogen-bond acceptors (Lipinski definition) is 2. The first kappa shape index (κ1) is 12.8. The highest BCUT2D eigenvalue weighted by Crippen LogP contribution is 2.30. The SMILES string of the molecule is CCNc1cc(C(C)(C)C)nc2c(F)cccc12. The molecule has 2 nitrogen and oxygen atoms in total. The van der Waals surface area contributed by atoms with E-state index in [-0.39, 0.29) is 11.2 Å². The predicted octanol–water partition coefficient (Wildman–Crippen LogP) is 4.10. The van der Waals surface area contributed by atoms with Gasteiger partial charge >= 0.3 is 0 Å². The molecule has 0 aliphatic heterocycles. The minimum absolute atomic E-state index is 0.0966. The first-order chi connectivity index (χ1) is 8.43. The summed E-state index contributed by atoms with van der Waals surface area (Å²) >= 11 is 0. The second kappa shape index (κ2) is 4.56. The Balaban J connectivity index is 2.75. The second-order valence-electron chi connectivity index (χ2n) is 5.47. The quantitative estimate of drug-likeness (QED) is 0.862. The van der Waals surface area contributed by atoms with Crippen LogP contribution in [0, 0.1) is 5.82 Å². The highest BCUT2D eigenvalue weighted by atomic mass is 19.1. The monoisotopic (exact) mass is 246 g/mol. The van der Waals surface area contributed by atoms with Gasteiger partial charge in [0.1, 0.15) is 11.3 Å². The van der Waals surface area contributed by atoms with E-state index < -0.39 is 0 Å². The normalized spacial score (nSPS) is 11.8. The van der Waals surface area contributed by atoms with Crippen LogP contribution in [0.15, 0.2) is 24.3 Å². The van der Waals surface area contributed by atoms with E-state index in [0.717, 1.165) is 23.3 Å². The van der Waals surface area contributed by atoms with Crippen molar-refractivity contribution in [2.45, 2.75) is 33.1 Å². The molecular weight excluding hydrogens is 227 g/mol. The number of halogens is 1. The third-order valence-electron chi connectivity index (χ3n) is 2.93. The van der Waals surface area contributed by atoms with Crippen LogP contribution in [0.5, 0.6) is 0 Å². The molecule has 18 heavy (non-hydrogen) atoms. The molecule has 0 aliphatic carbocycles. The van der Waals surface area contributed by atoms with E-state index in [1.54, 1.807) is 6.07 Å². The molecule has 0 unspecified atom stereocenters. The van der Waals surface area contributed by atoms with Gasteiger partial charge in [0.05, 0.1) is 0 Å². The molecule has 0 bridgehead atoms. The fourth-order valence-corrected chi connectivity index (χ4v) is 1.93. The Kier molecular flexibility index (Phi) is 3.24. The van der Waals surface area contributed by atoms with Crippen LogP contribution in [-0.4, -0.2) is 11.5 Å². The molecule has 96 valence electrons. The van der Waals surface area contributed by atoms with Crippen LogP contribution >= 0.6 is 0 Å². The molecule has 1 N–H and O–H groups in total. The van der Waals surface area contributed by atoms with Crippen molar-refractivity contribution in [2.24, 2.45) is 0 Å². The topological polar surface area (TPSA) is 24.9 Å². The molecule has 1 aromatic carbocycles. The summed E-state index contributed by atoms with van der Waals surface area (Å²) in [6, 6.07) is 7.09. The Morgan fingerprint density at radius 2 is 2.00 bits per heavy atom. The summed E-state index contributed by atoms with van der Waals surface area (Å²) in [7, 11) is 0. The van der Waals surface area contributed by atoms with Gasteiger partial charge in [-0.1, -0.05) is 32.9 Å². The van der Waals surface area contributed by atoms with E-state index in [4.69, 9.17) is 0 Å². The minimum atomic E-state index is -0.266. The fraction of sp³-hybridized carbons (Fsp3) is 0.400. The molecule has 3 heteroatoms. The lowest BCUT2D eigenvalue weighted by molar-refractivity contribution is 0.569. The summed E-state index contributed by atoms with van der Waals surface area (Å²) in [5, 5.41) is 4.12. The summed E-state index contributed by atoms with van der Waals surface area (Å²) < 4.78 is 13.9. The van der Waals surface area contributed by atoms with Crippen molar-refractivity contribution >= 4 is 16.6 Å².